The second-order valence-electron chi connectivity index (χ2n) is 7.79. The molecule has 8 nitrogen and oxygen atoms in total. The fraction of sp³-hybridized carbons (Fsp3) is 0.556. The second-order valence-corrected chi connectivity index (χ2v) is 7.79. The Morgan fingerprint density at radius 3 is 2.38 bits per heavy atom. The van der Waals surface area contributed by atoms with Crippen LogP contribution in [0.5, 0.6) is 0 Å². The number of urea groups is 1. The lowest BCUT2D eigenvalue weighted by atomic mass is 10.1. The molecule has 1 aromatic carbocycles. The van der Waals surface area contributed by atoms with Crippen LogP contribution in [0.1, 0.15) is 32.2 Å². The highest BCUT2D eigenvalue weighted by molar-refractivity contribution is 5.75. The molecule has 1 fully saturated rings. The van der Waals surface area contributed by atoms with Crippen molar-refractivity contribution in [3.05, 3.63) is 35.7 Å². The molecule has 0 radical (unpaired) electrons. The van der Waals surface area contributed by atoms with E-state index in [0.29, 0.717) is 19.6 Å². The van der Waals surface area contributed by atoms with E-state index in [2.05, 4.69) is 32.7 Å². The summed E-state index contributed by atoms with van der Waals surface area (Å²) in [4.78, 5) is 16.4. The number of piperazine rings is 1. The van der Waals surface area contributed by atoms with Crippen molar-refractivity contribution in [2.45, 2.75) is 39.8 Å². The number of tetrazole rings is 1. The number of carbonyl (C=O) groups is 1. The summed E-state index contributed by atoms with van der Waals surface area (Å²) >= 11 is 0. The number of benzene rings is 1. The summed E-state index contributed by atoms with van der Waals surface area (Å²) in [7, 11) is 0. The van der Waals surface area contributed by atoms with E-state index in [1.165, 1.54) is 5.56 Å². The number of hydrogen-bond donors (Lipinski definition) is 1. The van der Waals surface area contributed by atoms with E-state index in [1.807, 2.05) is 49.9 Å². The molecule has 1 saturated heterocycles. The van der Waals surface area contributed by atoms with Crippen LogP contribution in [0.15, 0.2) is 24.3 Å². The van der Waals surface area contributed by atoms with Crippen molar-refractivity contribution in [2.75, 3.05) is 26.2 Å². The normalized spacial score (nSPS) is 15.9. The SMILES string of the molecule is Cc1ccc(-n2nnnc2CN2CCN(C(=O)NC(C)(C)C)CC2)cc1. The van der Waals surface area contributed by atoms with Crippen LogP contribution in [0.4, 0.5) is 4.79 Å². The van der Waals surface area contributed by atoms with Gasteiger partial charge in [-0.25, -0.2) is 4.79 Å². The summed E-state index contributed by atoms with van der Waals surface area (Å²) in [6.07, 6.45) is 0. The van der Waals surface area contributed by atoms with E-state index in [4.69, 9.17) is 0 Å². The smallest absolute Gasteiger partial charge is 0.317 e. The highest BCUT2D eigenvalue weighted by Crippen LogP contribution is 2.12. The van der Waals surface area contributed by atoms with E-state index in [-0.39, 0.29) is 11.6 Å². The molecular weight excluding hydrogens is 330 g/mol. The molecule has 140 valence electrons. The minimum atomic E-state index is -0.218. The van der Waals surface area contributed by atoms with Gasteiger partial charge in [-0.05, 0) is 50.3 Å². The molecule has 3 rings (SSSR count). The number of aryl methyl sites for hydroxylation is 1. The van der Waals surface area contributed by atoms with Crippen LogP contribution in [0.25, 0.3) is 5.69 Å². The van der Waals surface area contributed by atoms with Gasteiger partial charge in [0.1, 0.15) is 0 Å². The second kappa shape index (κ2) is 7.41. The molecular formula is C18H27N7O. The average molecular weight is 357 g/mol. The van der Waals surface area contributed by atoms with Gasteiger partial charge in [-0.2, -0.15) is 4.68 Å². The molecule has 0 saturated carbocycles. The highest BCUT2D eigenvalue weighted by atomic mass is 16.2. The Hall–Kier alpha value is -2.48. The standard InChI is InChI=1S/C18H27N7O/c1-14-5-7-15(8-6-14)25-16(20-21-22-25)13-23-9-11-24(12-10-23)17(26)19-18(2,3)4/h5-8H,9-13H2,1-4H3,(H,19,26). The lowest BCUT2D eigenvalue weighted by molar-refractivity contribution is 0.129. The number of aromatic nitrogens is 4. The quantitative estimate of drug-likeness (QED) is 0.903. The van der Waals surface area contributed by atoms with E-state index in [1.54, 1.807) is 4.68 Å². The Morgan fingerprint density at radius 2 is 1.77 bits per heavy atom. The molecule has 2 aromatic rings. The zero-order chi connectivity index (χ0) is 18.7. The van der Waals surface area contributed by atoms with Crippen LogP contribution in [0.3, 0.4) is 0 Å². The van der Waals surface area contributed by atoms with Gasteiger partial charge in [0.25, 0.3) is 0 Å². The maximum atomic E-state index is 12.3. The minimum absolute atomic E-state index is 0.00152. The first-order valence-electron chi connectivity index (χ1n) is 8.95. The molecule has 2 amide bonds. The number of hydrogen-bond acceptors (Lipinski definition) is 5. The van der Waals surface area contributed by atoms with Crippen molar-refractivity contribution in [2.24, 2.45) is 0 Å². The third kappa shape index (κ3) is 4.57. The molecule has 1 aliphatic rings. The number of nitrogens with zero attached hydrogens (tertiary/aromatic N) is 6. The van der Waals surface area contributed by atoms with Crippen LogP contribution in [0.2, 0.25) is 0 Å². The van der Waals surface area contributed by atoms with Gasteiger partial charge in [0.15, 0.2) is 5.82 Å². The number of rotatable bonds is 3. The largest absolute Gasteiger partial charge is 0.333 e. The summed E-state index contributed by atoms with van der Waals surface area (Å²) in [5.74, 6) is 0.807. The molecule has 2 heterocycles. The predicted molar refractivity (Wildman–Crippen MR) is 99.0 cm³/mol. The number of nitrogens with one attached hydrogen (secondary N) is 1. The monoisotopic (exact) mass is 357 g/mol. The number of carbonyl (C=O) groups excluding carboxylic acids is 1. The third-order valence-corrected chi connectivity index (χ3v) is 4.32. The molecule has 1 aliphatic heterocycles. The third-order valence-electron chi connectivity index (χ3n) is 4.32. The van der Waals surface area contributed by atoms with E-state index in [9.17, 15) is 4.79 Å². The zero-order valence-electron chi connectivity index (χ0n) is 15.9. The maximum Gasteiger partial charge on any atom is 0.317 e. The first-order valence-corrected chi connectivity index (χ1v) is 8.95. The molecule has 0 aliphatic carbocycles. The van der Waals surface area contributed by atoms with Crippen molar-refractivity contribution >= 4 is 6.03 Å². The Labute approximate surface area is 154 Å². The van der Waals surface area contributed by atoms with Gasteiger partial charge < -0.3 is 10.2 Å². The first kappa shape index (κ1) is 18.3. The summed E-state index contributed by atoms with van der Waals surface area (Å²) in [5, 5.41) is 15.1. The fourth-order valence-electron chi connectivity index (χ4n) is 2.90. The molecule has 0 bridgehead atoms. The van der Waals surface area contributed by atoms with Crippen LogP contribution in [0, 0.1) is 6.92 Å². The van der Waals surface area contributed by atoms with E-state index < -0.39 is 0 Å². The van der Waals surface area contributed by atoms with Gasteiger partial charge in [-0.1, -0.05) is 17.7 Å². The van der Waals surface area contributed by atoms with E-state index in [0.717, 1.165) is 24.6 Å². The summed E-state index contributed by atoms with van der Waals surface area (Å²) in [6.45, 7) is 11.7. The van der Waals surface area contributed by atoms with Crippen LogP contribution >= 0.6 is 0 Å². The van der Waals surface area contributed by atoms with E-state index >= 15 is 0 Å². The predicted octanol–water partition coefficient (Wildman–Crippen LogP) is 1.60. The topological polar surface area (TPSA) is 79.2 Å². The molecule has 8 heteroatoms. The van der Waals surface area contributed by atoms with Crippen molar-refractivity contribution in [3.63, 3.8) is 0 Å². The van der Waals surface area contributed by atoms with Crippen LogP contribution in [-0.4, -0.2) is 67.8 Å². The van der Waals surface area contributed by atoms with Crippen LogP contribution < -0.4 is 5.32 Å². The first-order chi connectivity index (χ1) is 12.3. The van der Waals surface area contributed by atoms with Gasteiger partial charge in [-0.15, -0.1) is 5.10 Å². The molecule has 26 heavy (non-hydrogen) atoms. The minimum Gasteiger partial charge on any atom is -0.333 e. The Morgan fingerprint density at radius 1 is 1.12 bits per heavy atom. The van der Waals surface area contributed by atoms with Gasteiger partial charge in [-0.3, -0.25) is 4.90 Å². The Balaban J connectivity index is 1.58. The zero-order valence-corrected chi connectivity index (χ0v) is 15.9. The molecule has 0 unspecified atom stereocenters. The Bertz CT molecular complexity index is 740. The van der Waals surface area contributed by atoms with Gasteiger partial charge in [0.2, 0.25) is 0 Å². The summed E-state index contributed by atoms with van der Waals surface area (Å²) in [6, 6.07) is 8.14. The molecule has 0 atom stereocenters. The van der Waals surface area contributed by atoms with Gasteiger partial charge >= 0.3 is 6.03 Å². The van der Waals surface area contributed by atoms with Gasteiger partial charge in [0.05, 0.1) is 12.2 Å². The van der Waals surface area contributed by atoms with Crippen molar-refractivity contribution in [3.8, 4) is 5.69 Å². The average Bonchev–Trinajstić information content (AvgIpc) is 3.03. The Kier molecular flexibility index (Phi) is 5.22. The summed E-state index contributed by atoms with van der Waals surface area (Å²) < 4.78 is 1.78. The highest BCUT2D eigenvalue weighted by Gasteiger charge is 2.25. The maximum absolute atomic E-state index is 12.3. The molecule has 1 aromatic heterocycles. The lowest BCUT2D eigenvalue weighted by Gasteiger charge is -2.36. The summed E-state index contributed by atoms with van der Waals surface area (Å²) in [5.41, 5.74) is 1.94. The fourth-order valence-corrected chi connectivity index (χ4v) is 2.90. The molecule has 0 spiro atoms. The lowest BCUT2D eigenvalue weighted by Crippen LogP contribution is -2.54. The van der Waals surface area contributed by atoms with Crippen molar-refractivity contribution < 1.29 is 4.79 Å². The van der Waals surface area contributed by atoms with Crippen LogP contribution in [-0.2, 0) is 6.54 Å². The van der Waals surface area contributed by atoms with Crippen molar-refractivity contribution in [1.29, 1.82) is 0 Å². The van der Waals surface area contributed by atoms with Crippen molar-refractivity contribution in [1.82, 2.24) is 35.3 Å². The van der Waals surface area contributed by atoms with Gasteiger partial charge in [0, 0.05) is 31.7 Å². The molecule has 1 N–H and O–H groups in total. The number of amides is 2.